The molecule has 0 atom stereocenters. The maximum Gasteiger partial charge on any atom is 0.261 e. The highest BCUT2D eigenvalue weighted by atomic mass is 28.4. The number of methoxy groups -OCH3 is 1. The van der Waals surface area contributed by atoms with Crippen LogP contribution in [0.3, 0.4) is 0 Å². The Morgan fingerprint density at radius 3 is 2.03 bits per heavy atom. The van der Waals surface area contributed by atoms with Gasteiger partial charge >= 0.3 is 0 Å². The van der Waals surface area contributed by atoms with Gasteiger partial charge in [-0.05, 0) is 40.4 Å². The molecule has 33 heavy (non-hydrogen) atoms. The Labute approximate surface area is 196 Å². The molecule has 1 saturated carbocycles. The van der Waals surface area contributed by atoms with Crippen molar-refractivity contribution in [1.82, 2.24) is 14.6 Å². The van der Waals surface area contributed by atoms with Crippen molar-refractivity contribution in [2.24, 2.45) is 0 Å². The fraction of sp³-hybridized carbons (Fsp3) is 0.333. The lowest BCUT2D eigenvalue weighted by molar-refractivity contribution is 0.256. The highest BCUT2D eigenvalue weighted by molar-refractivity contribution is 6.99. The Morgan fingerprint density at radius 1 is 0.909 bits per heavy atom. The molecule has 1 aliphatic rings. The van der Waals surface area contributed by atoms with Crippen LogP contribution < -0.4 is 15.1 Å². The molecule has 0 aliphatic heterocycles. The Morgan fingerprint density at radius 2 is 1.52 bits per heavy atom. The molecule has 0 unspecified atom stereocenters. The SMILES string of the molecule is COc1cccn2nc(C3(CO[Si](c4ccccc4)(c4ccccc4)C(C)(C)C)CC3)nc12. The molecule has 0 saturated heterocycles. The first-order valence-corrected chi connectivity index (χ1v) is 13.5. The number of benzene rings is 2. The first-order chi connectivity index (χ1) is 15.9. The summed E-state index contributed by atoms with van der Waals surface area (Å²) in [6.07, 6.45) is 3.99. The van der Waals surface area contributed by atoms with Crippen molar-refractivity contribution in [3.8, 4) is 5.75 Å². The summed E-state index contributed by atoms with van der Waals surface area (Å²) in [6, 6.07) is 25.4. The average Bonchev–Trinajstić information content (AvgIpc) is 3.48. The van der Waals surface area contributed by atoms with E-state index in [1.54, 1.807) is 7.11 Å². The number of rotatable bonds is 7. The van der Waals surface area contributed by atoms with Crippen LogP contribution >= 0.6 is 0 Å². The van der Waals surface area contributed by atoms with E-state index in [2.05, 4.69) is 81.4 Å². The number of aromatic nitrogens is 3. The molecular weight excluding hydrogens is 426 g/mol. The lowest BCUT2D eigenvalue weighted by Crippen LogP contribution is -2.67. The molecule has 6 heteroatoms. The monoisotopic (exact) mass is 457 g/mol. The zero-order chi connectivity index (χ0) is 23.1. The summed E-state index contributed by atoms with van der Waals surface area (Å²) in [4.78, 5) is 4.89. The van der Waals surface area contributed by atoms with Crippen molar-refractivity contribution in [2.45, 2.75) is 44.1 Å². The largest absolute Gasteiger partial charge is 0.493 e. The lowest BCUT2D eigenvalue weighted by Gasteiger charge is -2.43. The summed E-state index contributed by atoms with van der Waals surface area (Å²) in [5.74, 6) is 1.59. The van der Waals surface area contributed by atoms with Crippen molar-refractivity contribution < 1.29 is 9.16 Å². The number of nitrogens with zero attached hydrogens (tertiary/aromatic N) is 3. The van der Waals surface area contributed by atoms with E-state index in [9.17, 15) is 0 Å². The van der Waals surface area contributed by atoms with Crippen molar-refractivity contribution >= 4 is 24.3 Å². The van der Waals surface area contributed by atoms with Gasteiger partial charge in [-0.2, -0.15) is 5.10 Å². The van der Waals surface area contributed by atoms with Crippen LogP contribution in [-0.2, 0) is 9.84 Å². The molecule has 0 N–H and O–H groups in total. The summed E-state index contributed by atoms with van der Waals surface area (Å²) < 4.78 is 14.5. The summed E-state index contributed by atoms with van der Waals surface area (Å²) in [6.45, 7) is 7.55. The number of hydrogen-bond donors (Lipinski definition) is 0. The smallest absolute Gasteiger partial charge is 0.261 e. The predicted molar refractivity (Wildman–Crippen MR) is 134 cm³/mol. The van der Waals surface area contributed by atoms with Crippen LogP contribution in [0.15, 0.2) is 79.0 Å². The first kappa shape index (κ1) is 21.9. The fourth-order valence-electron chi connectivity index (χ4n) is 4.86. The van der Waals surface area contributed by atoms with Crippen molar-refractivity contribution in [3.63, 3.8) is 0 Å². The van der Waals surface area contributed by atoms with Gasteiger partial charge in [0, 0.05) is 12.8 Å². The van der Waals surface area contributed by atoms with Crippen LogP contribution in [0.25, 0.3) is 5.65 Å². The van der Waals surface area contributed by atoms with Crippen molar-refractivity contribution in [3.05, 3.63) is 84.8 Å². The van der Waals surface area contributed by atoms with Crippen LogP contribution in [0.1, 0.15) is 39.4 Å². The number of ether oxygens (including phenoxy) is 1. The number of hydrogen-bond acceptors (Lipinski definition) is 4. The summed E-state index contributed by atoms with van der Waals surface area (Å²) >= 11 is 0. The molecule has 170 valence electrons. The van der Waals surface area contributed by atoms with Crippen LogP contribution in [0, 0.1) is 0 Å². The zero-order valence-corrected chi connectivity index (χ0v) is 20.8. The summed E-state index contributed by atoms with van der Waals surface area (Å²) in [5.41, 5.74) is 0.608. The van der Waals surface area contributed by atoms with E-state index in [0.29, 0.717) is 6.61 Å². The third kappa shape index (κ3) is 3.67. The third-order valence-corrected chi connectivity index (χ3v) is 11.8. The maximum atomic E-state index is 7.22. The molecule has 0 radical (unpaired) electrons. The highest BCUT2D eigenvalue weighted by Crippen LogP contribution is 2.49. The highest BCUT2D eigenvalue weighted by Gasteiger charge is 2.55. The normalized spacial score (nSPS) is 15.5. The second-order valence-electron chi connectivity index (χ2n) is 10.0. The van der Waals surface area contributed by atoms with Gasteiger partial charge < -0.3 is 9.16 Å². The Balaban J connectivity index is 1.56. The van der Waals surface area contributed by atoms with Gasteiger partial charge in [0.2, 0.25) is 0 Å². The molecule has 5 rings (SSSR count). The minimum Gasteiger partial charge on any atom is -0.493 e. The lowest BCUT2D eigenvalue weighted by atomic mass is 10.1. The molecule has 0 bridgehead atoms. The number of fused-ring (bicyclic) bond motifs is 1. The van der Waals surface area contributed by atoms with E-state index in [-0.39, 0.29) is 10.5 Å². The quantitative estimate of drug-likeness (QED) is 0.387. The van der Waals surface area contributed by atoms with E-state index < -0.39 is 8.32 Å². The molecule has 2 aromatic heterocycles. The van der Waals surface area contributed by atoms with Gasteiger partial charge in [-0.15, -0.1) is 0 Å². The van der Waals surface area contributed by atoms with E-state index in [4.69, 9.17) is 19.2 Å². The summed E-state index contributed by atoms with van der Waals surface area (Å²) in [7, 11) is -0.927. The van der Waals surface area contributed by atoms with Gasteiger partial charge in [0.15, 0.2) is 17.2 Å². The molecule has 1 aliphatic carbocycles. The minimum atomic E-state index is -2.60. The van der Waals surface area contributed by atoms with Gasteiger partial charge in [-0.3, -0.25) is 0 Å². The van der Waals surface area contributed by atoms with Crippen LogP contribution in [0.4, 0.5) is 0 Å². The van der Waals surface area contributed by atoms with E-state index in [1.165, 1.54) is 10.4 Å². The van der Waals surface area contributed by atoms with Gasteiger partial charge in [0.25, 0.3) is 8.32 Å². The predicted octanol–water partition coefficient (Wildman–Crippen LogP) is 4.35. The average molecular weight is 458 g/mol. The second-order valence-corrected chi connectivity index (χ2v) is 14.3. The first-order valence-electron chi connectivity index (χ1n) is 11.5. The van der Waals surface area contributed by atoms with E-state index in [0.717, 1.165) is 30.1 Å². The van der Waals surface area contributed by atoms with E-state index in [1.807, 2.05) is 22.8 Å². The Bertz CT molecular complexity index is 1210. The van der Waals surface area contributed by atoms with Gasteiger partial charge in [-0.1, -0.05) is 81.4 Å². The van der Waals surface area contributed by atoms with E-state index >= 15 is 0 Å². The molecular formula is C27H31N3O2Si. The molecule has 1 fully saturated rings. The molecule has 2 heterocycles. The maximum absolute atomic E-state index is 7.22. The molecule has 2 aromatic carbocycles. The van der Waals surface area contributed by atoms with Crippen LogP contribution in [-0.4, -0.2) is 36.6 Å². The van der Waals surface area contributed by atoms with Crippen molar-refractivity contribution in [1.29, 1.82) is 0 Å². The Hall–Kier alpha value is -2.96. The second kappa shape index (κ2) is 8.11. The zero-order valence-electron chi connectivity index (χ0n) is 19.8. The topological polar surface area (TPSA) is 48.7 Å². The Kier molecular flexibility index (Phi) is 5.38. The van der Waals surface area contributed by atoms with Crippen molar-refractivity contribution in [2.75, 3.05) is 13.7 Å². The van der Waals surface area contributed by atoms with Crippen LogP contribution in [0.5, 0.6) is 5.75 Å². The van der Waals surface area contributed by atoms with Gasteiger partial charge in [0.05, 0.1) is 12.5 Å². The minimum absolute atomic E-state index is 0.0542. The molecule has 0 spiro atoms. The van der Waals surface area contributed by atoms with Crippen LogP contribution in [0.2, 0.25) is 5.04 Å². The van der Waals surface area contributed by atoms with Gasteiger partial charge in [-0.25, -0.2) is 9.50 Å². The third-order valence-electron chi connectivity index (χ3n) is 6.86. The molecule has 0 amide bonds. The van der Waals surface area contributed by atoms with Gasteiger partial charge in [0.1, 0.15) is 0 Å². The standard InChI is InChI=1S/C27H31N3O2Si/c1-26(2,3)33(21-12-7-5-8-13-21,22-14-9-6-10-15-22)32-20-27(17-18-27)25-28-24-23(31-4)16-11-19-30(24)29-25/h5-16,19H,17-18,20H2,1-4H3. The fourth-order valence-corrected chi connectivity index (χ4v) is 9.51. The molecule has 5 nitrogen and oxygen atoms in total. The number of pyridine rings is 1. The summed E-state index contributed by atoms with van der Waals surface area (Å²) in [5, 5.41) is 7.36. The molecule has 4 aromatic rings.